The van der Waals surface area contributed by atoms with Crippen LogP contribution in [0.1, 0.15) is 5.56 Å². The van der Waals surface area contributed by atoms with Crippen LogP contribution < -0.4 is 5.32 Å². The maximum Gasteiger partial charge on any atom is 0.173 e. The zero-order valence-corrected chi connectivity index (χ0v) is 17.6. The quantitative estimate of drug-likeness (QED) is 0.412. The molecule has 31 heavy (non-hydrogen) atoms. The summed E-state index contributed by atoms with van der Waals surface area (Å²) in [7, 11) is 1.87. The molecule has 1 heterocycles. The van der Waals surface area contributed by atoms with Gasteiger partial charge in [0.05, 0.1) is 11.4 Å². The van der Waals surface area contributed by atoms with E-state index < -0.39 is 0 Å². The number of rotatable bonds is 5. The van der Waals surface area contributed by atoms with Crippen LogP contribution in [0.15, 0.2) is 85.1 Å². The summed E-state index contributed by atoms with van der Waals surface area (Å²) >= 11 is 5.51. The Morgan fingerprint density at radius 3 is 2.19 bits per heavy atom. The molecule has 0 aliphatic rings. The molecule has 0 atom stereocenters. The Morgan fingerprint density at radius 2 is 1.55 bits per heavy atom. The molecule has 156 valence electrons. The summed E-state index contributed by atoms with van der Waals surface area (Å²) in [5.41, 5.74) is 4.13. The zero-order valence-electron chi connectivity index (χ0n) is 16.8. The molecular weight excluding hydrogens is 414 g/mol. The number of para-hydroxylation sites is 1. The second-order valence-electron chi connectivity index (χ2n) is 7.08. The minimum atomic E-state index is -0.304. The van der Waals surface area contributed by atoms with Crippen LogP contribution >= 0.6 is 12.2 Å². The highest BCUT2D eigenvalue weighted by Crippen LogP contribution is 2.25. The first kappa shape index (κ1) is 20.7. The van der Waals surface area contributed by atoms with Crippen LogP contribution in [-0.4, -0.2) is 26.8 Å². The highest BCUT2D eigenvalue weighted by Gasteiger charge is 2.16. The van der Waals surface area contributed by atoms with Crippen molar-refractivity contribution in [1.82, 2.24) is 14.7 Å². The van der Waals surface area contributed by atoms with Gasteiger partial charge in [-0.3, -0.25) is 0 Å². The lowest BCUT2D eigenvalue weighted by atomic mass is 10.1. The predicted octanol–water partition coefficient (Wildman–Crippen LogP) is 5.65. The molecule has 7 heteroatoms. The number of anilines is 1. The highest BCUT2D eigenvalue weighted by atomic mass is 32.1. The average Bonchev–Trinajstić information content (AvgIpc) is 3.20. The van der Waals surface area contributed by atoms with Crippen molar-refractivity contribution in [1.29, 1.82) is 0 Å². The topological polar surface area (TPSA) is 33.1 Å². The standard InChI is InChI=1S/C24H20F2N4S/c1-29(24(31)27-21-13-11-20(26)12-14-21)15-18-16-30(22-5-3-2-4-6-22)28-23(18)17-7-9-19(25)10-8-17/h2-14,16H,15H2,1H3,(H,27,31). The first-order valence-electron chi connectivity index (χ1n) is 9.67. The van der Waals surface area contributed by atoms with Crippen LogP contribution in [0.4, 0.5) is 14.5 Å². The molecule has 4 aromatic rings. The second-order valence-corrected chi connectivity index (χ2v) is 7.47. The summed E-state index contributed by atoms with van der Waals surface area (Å²) in [5.74, 6) is -0.600. The van der Waals surface area contributed by atoms with Crippen LogP contribution in [0.3, 0.4) is 0 Å². The van der Waals surface area contributed by atoms with E-state index in [1.54, 1.807) is 28.9 Å². The third kappa shape index (κ3) is 4.95. The molecule has 0 spiro atoms. The Balaban J connectivity index is 1.61. The minimum Gasteiger partial charge on any atom is -0.348 e. The number of aromatic nitrogens is 2. The zero-order chi connectivity index (χ0) is 21.8. The largest absolute Gasteiger partial charge is 0.348 e. The summed E-state index contributed by atoms with van der Waals surface area (Å²) in [6, 6.07) is 22.1. The number of hydrogen-bond donors (Lipinski definition) is 1. The maximum absolute atomic E-state index is 13.4. The SMILES string of the molecule is CN(Cc1cn(-c2ccccc2)nc1-c1ccc(F)cc1)C(=S)Nc1ccc(F)cc1. The van der Waals surface area contributed by atoms with Gasteiger partial charge in [0.2, 0.25) is 0 Å². The van der Waals surface area contributed by atoms with E-state index in [1.807, 2.05) is 48.5 Å². The molecule has 3 aromatic carbocycles. The van der Waals surface area contributed by atoms with Crippen molar-refractivity contribution in [2.75, 3.05) is 12.4 Å². The fraction of sp³-hybridized carbons (Fsp3) is 0.0833. The molecule has 0 aliphatic heterocycles. The van der Waals surface area contributed by atoms with Crippen LogP contribution in [0, 0.1) is 11.6 Å². The van der Waals surface area contributed by atoms with E-state index in [-0.39, 0.29) is 11.6 Å². The second kappa shape index (κ2) is 9.06. The molecule has 0 aliphatic carbocycles. The van der Waals surface area contributed by atoms with Crippen LogP contribution in [0.2, 0.25) is 0 Å². The van der Waals surface area contributed by atoms with Gasteiger partial charge in [0, 0.05) is 36.6 Å². The van der Waals surface area contributed by atoms with Gasteiger partial charge in [-0.25, -0.2) is 13.5 Å². The number of nitrogens with zero attached hydrogens (tertiary/aromatic N) is 3. The molecule has 0 saturated carbocycles. The van der Waals surface area contributed by atoms with Gasteiger partial charge in [-0.15, -0.1) is 0 Å². The summed E-state index contributed by atoms with van der Waals surface area (Å²) in [5, 5.41) is 8.35. The maximum atomic E-state index is 13.4. The Morgan fingerprint density at radius 1 is 0.935 bits per heavy atom. The Bertz CT molecular complexity index is 1170. The van der Waals surface area contributed by atoms with Crippen LogP contribution in [-0.2, 0) is 6.54 Å². The first-order chi connectivity index (χ1) is 15.0. The smallest absolute Gasteiger partial charge is 0.173 e. The lowest BCUT2D eigenvalue weighted by molar-refractivity contribution is 0.509. The molecule has 1 aromatic heterocycles. The van der Waals surface area contributed by atoms with Crippen molar-refractivity contribution in [3.05, 3.63) is 102 Å². The van der Waals surface area contributed by atoms with Crippen molar-refractivity contribution < 1.29 is 8.78 Å². The lowest BCUT2D eigenvalue weighted by Gasteiger charge is -2.21. The van der Waals surface area contributed by atoms with Gasteiger partial charge in [-0.2, -0.15) is 5.10 Å². The van der Waals surface area contributed by atoms with E-state index in [2.05, 4.69) is 5.32 Å². The van der Waals surface area contributed by atoms with E-state index >= 15 is 0 Å². The van der Waals surface area contributed by atoms with Crippen molar-refractivity contribution in [2.45, 2.75) is 6.54 Å². The fourth-order valence-electron chi connectivity index (χ4n) is 3.17. The van der Waals surface area contributed by atoms with E-state index in [1.165, 1.54) is 24.3 Å². The Hall–Kier alpha value is -3.58. The summed E-state index contributed by atoms with van der Waals surface area (Å²) in [6.45, 7) is 0.479. The number of nitrogens with one attached hydrogen (secondary N) is 1. The third-order valence-electron chi connectivity index (χ3n) is 4.78. The number of benzene rings is 3. The van der Waals surface area contributed by atoms with Crippen molar-refractivity contribution >= 4 is 23.0 Å². The van der Waals surface area contributed by atoms with Crippen LogP contribution in [0.5, 0.6) is 0 Å². The van der Waals surface area contributed by atoms with Crippen LogP contribution in [0.25, 0.3) is 16.9 Å². The van der Waals surface area contributed by atoms with E-state index in [4.69, 9.17) is 17.3 Å². The number of thiocarbonyl (C=S) groups is 1. The molecule has 4 rings (SSSR count). The molecular formula is C24H20F2N4S. The van der Waals surface area contributed by atoms with Gasteiger partial charge in [-0.1, -0.05) is 18.2 Å². The Kier molecular flexibility index (Phi) is 6.04. The van der Waals surface area contributed by atoms with Gasteiger partial charge in [0.25, 0.3) is 0 Å². The van der Waals surface area contributed by atoms with Crippen molar-refractivity contribution in [3.63, 3.8) is 0 Å². The number of halogens is 2. The Labute approximate surface area is 184 Å². The molecule has 1 N–H and O–H groups in total. The molecule has 0 radical (unpaired) electrons. The highest BCUT2D eigenvalue weighted by molar-refractivity contribution is 7.80. The fourth-order valence-corrected chi connectivity index (χ4v) is 3.35. The molecule has 0 fully saturated rings. The lowest BCUT2D eigenvalue weighted by Crippen LogP contribution is -2.30. The van der Waals surface area contributed by atoms with Gasteiger partial charge in [0.1, 0.15) is 11.6 Å². The van der Waals surface area contributed by atoms with Gasteiger partial charge in [0.15, 0.2) is 5.11 Å². The summed E-state index contributed by atoms with van der Waals surface area (Å²) in [6.07, 6.45) is 1.95. The average molecular weight is 435 g/mol. The van der Waals surface area contributed by atoms with Gasteiger partial charge in [-0.05, 0) is 72.9 Å². The van der Waals surface area contributed by atoms with Crippen molar-refractivity contribution in [3.8, 4) is 16.9 Å². The van der Waals surface area contributed by atoms with E-state index in [9.17, 15) is 8.78 Å². The van der Waals surface area contributed by atoms with E-state index in [0.717, 1.165) is 22.5 Å². The molecule has 0 saturated heterocycles. The third-order valence-corrected chi connectivity index (χ3v) is 5.19. The minimum absolute atomic E-state index is 0.297. The van der Waals surface area contributed by atoms with E-state index in [0.29, 0.717) is 17.3 Å². The first-order valence-corrected chi connectivity index (χ1v) is 10.1. The molecule has 0 unspecified atom stereocenters. The van der Waals surface area contributed by atoms with Crippen molar-refractivity contribution in [2.24, 2.45) is 0 Å². The van der Waals surface area contributed by atoms with Gasteiger partial charge < -0.3 is 10.2 Å². The predicted molar refractivity (Wildman–Crippen MR) is 123 cm³/mol. The summed E-state index contributed by atoms with van der Waals surface area (Å²) in [4.78, 5) is 1.87. The van der Waals surface area contributed by atoms with Gasteiger partial charge >= 0.3 is 0 Å². The normalized spacial score (nSPS) is 10.7. The monoisotopic (exact) mass is 434 g/mol. The molecule has 4 nitrogen and oxygen atoms in total. The number of hydrogen-bond acceptors (Lipinski definition) is 2. The molecule has 0 amide bonds. The summed E-state index contributed by atoms with van der Waals surface area (Å²) < 4.78 is 28.4. The molecule has 0 bridgehead atoms.